The number of hydrogen-bond acceptors (Lipinski definition) is 2. The van der Waals surface area contributed by atoms with E-state index in [4.69, 9.17) is 5.73 Å². The maximum Gasteiger partial charge on any atom is 0.318 e. The number of nitrogens with two attached hydrogens (primary N) is 1. The Bertz CT molecular complexity index is 303. The van der Waals surface area contributed by atoms with Gasteiger partial charge in [0.25, 0.3) is 0 Å². The van der Waals surface area contributed by atoms with Crippen LogP contribution in [0.5, 0.6) is 0 Å². The van der Waals surface area contributed by atoms with E-state index in [0.29, 0.717) is 12.8 Å². The van der Waals surface area contributed by atoms with Gasteiger partial charge in [0, 0.05) is 0 Å². The van der Waals surface area contributed by atoms with Crippen molar-refractivity contribution in [1.29, 1.82) is 0 Å². The van der Waals surface area contributed by atoms with Gasteiger partial charge < -0.3 is 5.73 Å². The number of amides is 3. The fraction of sp³-hybridized carbons (Fsp3) is 0.882. The molecule has 0 aromatic heterocycles. The van der Waals surface area contributed by atoms with E-state index in [-0.39, 0.29) is 5.91 Å². The average molecular weight is 379 g/mol. The van der Waals surface area contributed by atoms with E-state index in [2.05, 4.69) is 36.7 Å². The Balaban J connectivity index is 0. The second kappa shape index (κ2) is 14.0. The van der Waals surface area contributed by atoms with Crippen molar-refractivity contribution in [3.8, 4) is 0 Å². The van der Waals surface area contributed by atoms with Crippen molar-refractivity contribution in [1.82, 2.24) is 5.32 Å². The molecule has 0 radical (unpaired) electrons. The van der Waals surface area contributed by atoms with Crippen molar-refractivity contribution in [3.63, 3.8) is 0 Å². The van der Waals surface area contributed by atoms with Crippen LogP contribution in [-0.4, -0.2) is 16.3 Å². The Labute approximate surface area is 145 Å². The monoisotopic (exact) mass is 378 g/mol. The number of nitrogens with one attached hydrogen (secondary N) is 1. The fourth-order valence-electron chi connectivity index (χ4n) is 1.95. The number of halogens is 1. The first-order valence-electron chi connectivity index (χ1n) is 8.53. The van der Waals surface area contributed by atoms with Crippen LogP contribution in [-0.2, 0) is 4.79 Å². The molecule has 0 heterocycles. The highest BCUT2D eigenvalue weighted by Gasteiger charge is 2.32. The molecule has 0 aromatic rings. The number of imide groups is 1. The SMILES string of the molecule is CCC(Br)(CC)C(=O)NC(N)=O.CCCCCCCC(C)C. The van der Waals surface area contributed by atoms with Crippen molar-refractivity contribution >= 4 is 27.9 Å². The van der Waals surface area contributed by atoms with Crippen LogP contribution in [0, 0.1) is 5.92 Å². The topological polar surface area (TPSA) is 72.2 Å². The zero-order chi connectivity index (χ0) is 17.6. The van der Waals surface area contributed by atoms with Crippen molar-refractivity contribution in [3.05, 3.63) is 0 Å². The lowest BCUT2D eigenvalue weighted by Crippen LogP contribution is -2.46. The molecule has 22 heavy (non-hydrogen) atoms. The molecule has 0 rings (SSSR count). The van der Waals surface area contributed by atoms with E-state index in [1.165, 1.54) is 38.5 Å². The Hall–Kier alpha value is -0.580. The highest BCUT2D eigenvalue weighted by Crippen LogP contribution is 2.26. The molecule has 0 atom stereocenters. The predicted molar refractivity (Wildman–Crippen MR) is 98.2 cm³/mol. The van der Waals surface area contributed by atoms with Crippen LogP contribution in [0.1, 0.15) is 86.0 Å². The molecular formula is C17H35BrN2O2. The Morgan fingerprint density at radius 2 is 1.55 bits per heavy atom. The van der Waals surface area contributed by atoms with Crippen LogP contribution in [0.15, 0.2) is 0 Å². The van der Waals surface area contributed by atoms with Gasteiger partial charge in [-0.3, -0.25) is 10.1 Å². The van der Waals surface area contributed by atoms with Gasteiger partial charge >= 0.3 is 6.03 Å². The molecule has 0 spiro atoms. The predicted octanol–water partition coefficient (Wildman–Crippen LogP) is 5.14. The molecule has 0 aliphatic rings. The summed E-state index contributed by atoms with van der Waals surface area (Å²) in [6.07, 6.45) is 9.78. The van der Waals surface area contributed by atoms with Crippen LogP contribution in [0.4, 0.5) is 4.79 Å². The molecule has 0 saturated carbocycles. The summed E-state index contributed by atoms with van der Waals surface area (Å²) in [6, 6.07) is -0.814. The Morgan fingerprint density at radius 1 is 1.05 bits per heavy atom. The van der Waals surface area contributed by atoms with Gasteiger partial charge in [0.05, 0.1) is 0 Å². The molecule has 3 N–H and O–H groups in total. The van der Waals surface area contributed by atoms with Gasteiger partial charge in [-0.2, -0.15) is 0 Å². The van der Waals surface area contributed by atoms with Crippen LogP contribution in [0.3, 0.4) is 0 Å². The number of carbonyl (C=O) groups excluding carboxylic acids is 2. The van der Waals surface area contributed by atoms with Gasteiger partial charge in [0.2, 0.25) is 5.91 Å². The maximum atomic E-state index is 11.3. The average Bonchev–Trinajstić information content (AvgIpc) is 2.45. The molecule has 0 bridgehead atoms. The number of unbranched alkanes of at least 4 members (excludes halogenated alkanes) is 4. The number of hydrogen-bond donors (Lipinski definition) is 2. The first-order valence-corrected chi connectivity index (χ1v) is 9.32. The Kier molecular flexibility index (Phi) is 15.1. The molecule has 0 aliphatic heterocycles. The van der Waals surface area contributed by atoms with Crippen LogP contribution >= 0.6 is 15.9 Å². The van der Waals surface area contributed by atoms with E-state index in [1.54, 1.807) is 0 Å². The minimum atomic E-state index is -0.814. The van der Waals surface area contributed by atoms with Gasteiger partial charge in [0.15, 0.2) is 0 Å². The third-order valence-electron chi connectivity index (χ3n) is 3.65. The first-order chi connectivity index (χ1) is 10.2. The summed E-state index contributed by atoms with van der Waals surface area (Å²) in [5, 5.41) is 2.04. The number of primary amides is 1. The van der Waals surface area contributed by atoms with Crippen molar-refractivity contribution in [2.24, 2.45) is 11.7 Å². The smallest absolute Gasteiger partial charge is 0.318 e. The Morgan fingerprint density at radius 3 is 1.91 bits per heavy atom. The summed E-state index contributed by atoms with van der Waals surface area (Å²) in [6.45, 7) is 10.6. The highest BCUT2D eigenvalue weighted by atomic mass is 79.9. The van der Waals surface area contributed by atoms with Crippen LogP contribution < -0.4 is 11.1 Å². The lowest BCUT2D eigenvalue weighted by Gasteiger charge is -2.21. The highest BCUT2D eigenvalue weighted by molar-refractivity contribution is 9.10. The normalized spacial score (nSPS) is 10.9. The van der Waals surface area contributed by atoms with E-state index in [0.717, 1.165) is 5.92 Å². The zero-order valence-corrected chi connectivity index (χ0v) is 16.6. The lowest BCUT2D eigenvalue weighted by molar-refractivity contribution is -0.122. The molecule has 4 nitrogen and oxygen atoms in total. The second-order valence-electron chi connectivity index (χ2n) is 6.09. The van der Waals surface area contributed by atoms with E-state index in [1.807, 2.05) is 19.2 Å². The first kappa shape index (κ1) is 23.7. The summed E-state index contributed by atoms with van der Waals surface area (Å²) in [5.41, 5.74) is 4.81. The maximum absolute atomic E-state index is 11.3. The molecule has 0 fully saturated rings. The summed E-state index contributed by atoms with van der Waals surface area (Å²) in [5.74, 6) is 0.529. The zero-order valence-electron chi connectivity index (χ0n) is 15.0. The summed E-state index contributed by atoms with van der Waals surface area (Å²) in [4.78, 5) is 21.6. The van der Waals surface area contributed by atoms with Crippen LogP contribution in [0.25, 0.3) is 0 Å². The number of carbonyl (C=O) groups is 2. The fourth-order valence-corrected chi connectivity index (χ4v) is 2.05. The van der Waals surface area contributed by atoms with E-state index in [9.17, 15) is 9.59 Å². The number of urea groups is 1. The molecule has 0 unspecified atom stereocenters. The third kappa shape index (κ3) is 13.1. The second-order valence-corrected chi connectivity index (χ2v) is 7.61. The lowest BCUT2D eigenvalue weighted by atomic mass is 10.0. The van der Waals surface area contributed by atoms with E-state index < -0.39 is 10.4 Å². The van der Waals surface area contributed by atoms with E-state index >= 15 is 0 Å². The number of alkyl halides is 1. The molecule has 0 aromatic carbocycles. The summed E-state index contributed by atoms with van der Waals surface area (Å²) >= 11 is 3.26. The largest absolute Gasteiger partial charge is 0.351 e. The van der Waals surface area contributed by atoms with Gasteiger partial charge in [-0.25, -0.2) is 4.79 Å². The van der Waals surface area contributed by atoms with Crippen molar-refractivity contribution in [2.45, 2.75) is 90.3 Å². The minimum absolute atomic E-state index is 0.375. The molecule has 0 aliphatic carbocycles. The minimum Gasteiger partial charge on any atom is -0.351 e. The standard InChI is InChI=1S/C10H22.C7H13BrN2O2/c1-4-5-6-7-8-9-10(2)3;1-3-7(8,4-2)5(11)10-6(9)12/h10H,4-9H2,1-3H3;3-4H2,1-2H3,(H3,9,10,11,12). The molecule has 3 amide bonds. The molecule has 0 saturated heterocycles. The van der Waals surface area contributed by atoms with Crippen LogP contribution in [0.2, 0.25) is 0 Å². The number of rotatable bonds is 9. The summed E-state index contributed by atoms with van der Waals surface area (Å²) in [7, 11) is 0. The summed E-state index contributed by atoms with van der Waals surface area (Å²) < 4.78 is -0.665. The third-order valence-corrected chi connectivity index (χ3v) is 5.13. The van der Waals surface area contributed by atoms with Crippen molar-refractivity contribution < 1.29 is 9.59 Å². The van der Waals surface area contributed by atoms with Gasteiger partial charge in [-0.15, -0.1) is 0 Å². The van der Waals surface area contributed by atoms with Crippen molar-refractivity contribution in [2.75, 3.05) is 0 Å². The quantitative estimate of drug-likeness (QED) is 0.430. The van der Waals surface area contributed by atoms with Gasteiger partial charge in [0.1, 0.15) is 4.32 Å². The van der Waals surface area contributed by atoms with Gasteiger partial charge in [-0.05, 0) is 18.8 Å². The molecular weight excluding hydrogens is 344 g/mol. The molecule has 132 valence electrons. The van der Waals surface area contributed by atoms with Gasteiger partial charge in [-0.1, -0.05) is 89.1 Å². The molecule has 5 heteroatoms.